The molecule has 6 heteroatoms. The van der Waals surface area contributed by atoms with E-state index < -0.39 is 0 Å². The Morgan fingerprint density at radius 2 is 2.23 bits per heavy atom. The minimum absolute atomic E-state index is 0.0128. The summed E-state index contributed by atoms with van der Waals surface area (Å²) in [4.78, 5) is 11.0. The number of aromatic nitrogens is 2. The van der Waals surface area contributed by atoms with Crippen LogP contribution >= 0.6 is 11.3 Å². The number of anilines is 1. The minimum atomic E-state index is 0.0128. The molecule has 1 aliphatic heterocycles. The smallest absolute Gasteiger partial charge is 0.223 e. The number of nitrogens with zero attached hydrogens (tertiary/aromatic N) is 2. The summed E-state index contributed by atoms with van der Waals surface area (Å²) in [5, 5.41) is 6.88. The Balaban J connectivity index is 1.76. The molecule has 0 amide bonds. The Morgan fingerprint density at radius 3 is 2.96 bits per heavy atom. The van der Waals surface area contributed by atoms with E-state index in [1.165, 1.54) is 0 Å². The Labute approximate surface area is 158 Å². The van der Waals surface area contributed by atoms with Crippen molar-refractivity contribution >= 4 is 17.3 Å². The van der Waals surface area contributed by atoms with E-state index in [0.29, 0.717) is 11.6 Å². The first kappa shape index (κ1) is 18.0. The van der Waals surface area contributed by atoms with Gasteiger partial charge in [0.1, 0.15) is 0 Å². The number of rotatable bonds is 3. The summed E-state index contributed by atoms with van der Waals surface area (Å²) in [5.74, 6) is 6.42. The molecule has 1 fully saturated rings. The summed E-state index contributed by atoms with van der Waals surface area (Å²) in [6.45, 7) is 12.0. The first-order valence-corrected chi connectivity index (χ1v) is 9.24. The third kappa shape index (κ3) is 4.64. The second-order valence-electron chi connectivity index (χ2n) is 7.07. The molecule has 26 heavy (non-hydrogen) atoms. The van der Waals surface area contributed by atoms with Gasteiger partial charge < -0.3 is 16.4 Å². The second kappa shape index (κ2) is 7.22. The van der Waals surface area contributed by atoms with E-state index in [4.69, 9.17) is 5.73 Å². The molecule has 134 valence electrons. The van der Waals surface area contributed by atoms with E-state index in [2.05, 4.69) is 59.4 Å². The maximum Gasteiger partial charge on any atom is 0.223 e. The van der Waals surface area contributed by atoms with Crippen LogP contribution in [0.3, 0.4) is 0 Å². The van der Waals surface area contributed by atoms with Crippen molar-refractivity contribution in [2.45, 2.75) is 38.3 Å². The molecule has 0 aromatic carbocycles. The molecule has 3 heterocycles. The van der Waals surface area contributed by atoms with Crippen molar-refractivity contribution in [1.82, 2.24) is 15.3 Å². The van der Waals surface area contributed by atoms with E-state index >= 15 is 0 Å². The van der Waals surface area contributed by atoms with Crippen LogP contribution in [0.15, 0.2) is 48.9 Å². The summed E-state index contributed by atoms with van der Waals surface area (Å²) in [6.07, 6.45) is 3.61. The molecule has 5 nitrogen and oxygen atoms in total. The fourth-order valence-electron chi connectivity index (χ4n) is 3.10. The van der Waals surface area contributed by atoms with Crippen LogP contribution in [-0.4, -0.2) is 21.5 Å². The number of thiophene rings is 1. The van der Waals surface area contributed by atoms with Gasteiger partial charge in [-0.15, -0.1) is 11.3 Å². The van der Waals surface area contributed by atoms with E-state index in [0.717, 1.165) is 34.0 Å². The lowest BCUT2D eigenvalue weighted by Crippen LogP contribution is -2.48. The van der Waals surface area contributed by atoms with Gasteiger partial charge in [-0.1, -0.05) is 13.2 Å². The van der Waals surface area contributed by atoms with Crippen molar-refractivity contribution in [1.29, 1.82) is 0 Å². The van der Waals surface area contributed by atoms with Gasteiger partial charge in [0.05, 0.1) is 21.1 Å². The molecule has 1 atom stereocenters. The number of hydrogen-bond acceptors (Lipinski definition) is 6. The molecular formula is C20H23N5S. The van der Waals surface area contributed by atoms with Crippen molar-refractivity contribution in [2.24, 2.45) is 5.73 Å². The fraction of sp³-hybridized carbons (Fsp3) is 0.300. The predicted octanol–water partition coefficient (Wildman–Crippen LogP) is 3.49. The molecule has 0 spiro atoms. The van der Waals surface area contributed by atoms with E-state index in [-0.39, 0.29) is 11.6 Å². The highest BCUT2D eigenvalue weighted by molar-refractivity contribution is 7.16. The Bertz CT molecular complexity index is 900. The second-order valence-corrected chi connectivity index (χ2v) is 8.15. The number of nitrogens with two attached hydrogens (primary N) is 1. The highest BCUT2D eigenvalue weighted by Crippen LogP contribution is 2.28. The van der Waals surface area contributed by atoms with Crippen molar-refractivity contribution in [3.05, 3.63) is 53.8 Å². The van der Waals surface area contributed by atoms with Gasteiger partial charge in [-0.25, -0.2) is 9.97 Å². The standard InChI is InChI=1S/C20H23N5S/c1-13(21)5-6-16-7-8-18(26-16)17-9-10-22-19(24-17)23-15-11-14(2)25-20(3,4)12-15/h7-10,15,25H,1-2,11-12,21H2,3-4H3,(H,22,23,24). The Morgan fingerprint density at radius 1 is 1.42 bits per heavy atom. The monoisotopic (exact) mass is 365 g/mol. The van der Waals surface area contributed by atoms with Crippen LogP contribution in [0.2, 0.25) is 0 Å². The third-order valence-corrected chi connectivity index (χ3v) is 4.98. The summed E-state index contributed by atoms with van der Waals surface area (Å²) < 4.78 is 0. The molecule has 0 radical (unpaired) electrons. The zero-order valence-electron chi connectivity index (χ0n) is 15.1. The third-order valence-electron chi connectivity index (χ3n) is 3.96. The molecule has 0 saturated carbocycles. The summed E-state index contributed by atoms with van der Waals surface area (Å²) in [6, 6.07) is 6.14. The highest BCUT2D eigenvalue weighted by atomic mass is 32.1. The Kier molecular flexibility index (Phi) is 5.01. The van der Waals surface area contributed by atoms with Gasteiger partial charge in [0, 0.05) is 29.9 Å². The van der Waals surface area contributed by atoms with Crippen LogP contribution in [0, 0.1) is 11.8 Å². The van der Waals surface area contributed by atoms with Crippen molar-refractivity contribution in [3.63, 3.8) is 0 Å². The van der Waals surface area contributed by atoms with Gasteiger partial charge in [-0.05, 0) is 50.3 Å². The lowest BCUT2D eigenvalue weighted by molar-refractivity contribution is 0.324. The van der Waals surface area contributed by atoms with Crippen LogP contribution in [0.25, 0.3) is 10.6 Å². The lowest BCUT2D eigenvalue weighted by atomic mass is 9.88. The maximum atomic E-state index is 5.49. The van der Waals surface area contributed by atoms with Crippen molar-refractivity contribution in [2.75, 3.05) is 5.32 Å². The number of hydrogen-bond donors (Lipinski definition) is 3. The van der Waals surface area contributed by atoms with Crippen molar-refractivity contribution < 1.29 is 0 Å². The van der Waals surface area contributed by atoms with Gasteiger partial charge in [0.15, 0.2) is 0 Å². The van der Waals surface area contributed by atoms with E-state index in [1.54, 1.807) is 17.5 Å². The van der Waals surface area contributed by atoms with Gasteiger partial charge >= 0.3 is 0 Å². The zero-order chi connectivity index (χ0) is 18.7. The number of nitrogens with one attached hydrogen (secondary N) is 2. The van der Waals surface area contributed by atoms with E-state index in [9.17, 15) is 0 Å². The predicted molar refractivity (Wildman–Crippen MR) is 109 cm³/mol. The minimum Gasteiger partial charge on any atom is -0.392 e. The molecular weight excluding hydrogens is 342 g/mol. The first-order valence-electron chi connectivity index (χ1n) is 8.43. The molecule has 2 aromatic heterocycles. The summed E-state index contributed by atoms with van der Waals surface area (Å²) in [7, 11) is 0. The van der Waals surface area contributed by atoms with Crippen molar-refractivity contribution in [3.8, 4) is 22.4 Å². The lowest BCUT2D eigenvalue weighted by Gasteiger charge is -2.38. The zero-order valence-corrected chi connectivity index (χ0v) is 15.9. The molecule has 0 aliphatic carbocycles. The summed E-state index contributed by atoms with van der Waals surface area (Å²) in [5.41, 5.74) is 7.78. The molecule has 0 bridgehead atoms. The van der Waals surface area contributed by atoms with Crippen LogP contribution in [0.1, 0.15) is 31.6 Å². The van der Waals surface area contributed by atoms with Gasteiger partial charge in [0.2, 0.25) is 5.95 Å². The quantitative estimate of drug-likeness (QED) is 0.726. The highest BCUT2D eigenvalue weighted by Gasteiger charge is 2.29. The number of allylic oxidation sites excluding steroid dienone is 1. The molecule has 4 N–H and O–H groups in total. The fourth-order valence-corrected chi connectivity index (χ4v) is 3.93. The molecule has 2 aromatic rings. The van der Waals surface area contributed by atoms with Crippen LogP contribution in [0.4, 0.5) is 5.95 Å². The SMILES string of the molecule is C=C(N)C#Cc1ccc(-c2ccnc(NC3CC(=C)NC(C)(C)C3)n2)s1. The average Bonchev–Trinajstić information content (AvgIpc) is 3.00. The summed E-state index contributed by atoms with van der Waals surface area (Å²) >= 11 is 1.57. The average molecular weight is 366 g/mol. The molecule has 1 saturated heterocycles. The topological polar surface area (TPSA) is 75.9 Å². The van der Waals surface area contributed by atoms with Gasteiger partial charge in [0.25, 0.3) is 0 Å². The van der Waals surface area contributed by atoms with Gasteiger partial charge in [-0.3, -0.25) is 0 Å². The largest absolute Gasteiger partial charge is 0.392 e. The molecule has 1 unspecified atom stereocenters. The normalized spacial score (nSPS) is 18.4. The first-order chi connectivity index (χ1) is 12.3. The molecule has 3 rings (SSSR count). The van der Waals surface area contributed by atoms with Crippen LogP contribution in [-0.2, 0) is 0 Å². The van der Waals surface area contributed by atoms with E-state index in [1.807, 2.05) is 18.2 Å². The maximum absolute atomic E-state index is 5.49. The van der Waals surface area contributed by atoms with Crippen LogP contribution < -0.4 is 16.4 Å². The van der Waals surface area contributed by atoms with Crippen LogP contribution in [0.5, 0.6) is 0 Å². The Hall–Kier alpha value is -2.78. The molecule has 1 aliphatic rings. The number of piperidine rings is 1. The van der Waals surface area contributed by atoms with Gasteiger partial charge in [-0.2, -0.15) is 0 Å².